The number of hydrogen-bond donors (Lipinski definition) is 0. The van der Waals surface area contributed by atoms with Crippen molar-refractivity contribution in [3.63, 3.8) is 0 Å². The summed E-state index contributed by atoms with van der Waals surface area (Å²) >= 11 is 0. The van der Waals surface area contributed by atoms with Crippen molar-refractivity contribution in [3.05, 3.63) is 83.2 Å². The number of methoxy groups -OCH3 is 1. The van der Waals surface area contributed by atoms with Crippen LogP contribution < -0.4 is 9.47 Å². The fourth-order valence-corrected chi connectivity index (χ4v) is 3.16. The number of carbonyl (C=O) groups excluding carboxylic acids is 1. The van der Waals surface area contributed by atoms with E-state index in [2.05, 4.69) is 38.0 Å². The lowest BCUT2D eigenvalue weighted by Gasteiger charge is -2.19. The number of aromatic nitrogens is 2. The summed E-state index contributed by atoms with van der Waals surface area (Å²) in [6.07, 6.45) is 6.71. The standard InChI is InChI=1S/C26H30N2O3/c1-6-28-17-21(16-27-28)24(29)13-7-19-8-14-25(30-5)20(15-19)18-31-23-11-9-22(10-12-23)26(2,3)4/h7-17H,6,18H2,1-5H3/b13-7+. The highest BCUT2D eigenvalue weighted by molar-refractivity contribution is 6.06. The van der Waals surface area contributed by atoms with Crippen molar-refractivity contribution >= 4 is 11.9 Å². The molecule has 0 fully saturated rings. The van der Waals surface area contributed by atoms with Gasteiger partial charge in [0.1, 0.15) is 18.1 Å². The molecule has 0 aliphatic heterocycles. The van der Waals surface area contributed by atoms with Crippen LogP contribution in [0.5, 0.6) is 11.5 Å². The molecule has 0 atom stereocenters. The molecule has 2 aromatic carbocycles. The molecule has 0 radical (unpaired) electrons. The van der Waals surface area contributed by atoms with Crippen LogP contribution in [0.1, 0.15) is 54.7 Å². The van der Waals surface area contributed by atoms with E-state index in [1.807, 2.05) is 37.3 Å². The Bertz CT molecular complexity index is 1060. The summed E-state index contributed by atoms with van der Waals surface area (Å²) in [6, 6.07) is 14.0. The van der Waals surface area contributed by atoms with Gasteiger partial charge in [0.2, 0.25) is 0 Å². The molecular formula is C26H30N2O3. The summed E-state index contributed by atoms with van der Waals surface area (Å²) in [5, 5.41) is 4.15. The largest absolute Gasteiger partial charge is 0.496 e. The molecule has 0 spiro atoms. The number of ketones is 1. The predicted molar refractivity (Wildman–Crippen MR) is 124 cm³/mol. The van der Waals surface area contributed by atoms with E-state index in [0.717, 1.165) is 29.2 Å². The van der Waals surface area contributed by atoms with Gasteiger partial charge in [0.15, 0.2) is 5.78 Å². The Kier molecular flexibility index (Phi) is 6.95. The molecule has 0 amide bonds. The first kappa shape index (κ1) is 22.3. The van der Waals surface area contributed by atoms with Gasteiger partial charge in [-0.15, -0.1) is 0 Å². The molecule has 162 valence electrons. The normalized spacial score (nSPS) is 11.6. The van der Waals surface area contributed by atoms with E-state index >= 15 is 0 Å². The van der Waals surface area contributed by atoms with E-state index in [-0.39, 0.29) is 11.2 Å². The fourth-order valence-electron chi connectivity index (χ4n) is 3.16. The van der Waals surface area contributed by atoms with Crippen molar-refractivity contribution in [1.29, 1.82) is 0 Å². The second-order valence-electron chi connectivity index (χ2n) is 8.42. The van der Waals surface area contributed by atoms with Crippen molar-refractivity contribution < 1.29 is 14.3 Å². The minimum absolute atomic E-state index is 0.0766. The Hall–Kier alpha value is -3.34. The molecule has 5 nitrogen and oxygen atoms in total. The van der Waals surface area contributed by atoms with Crippen LogP contribution in [0.15, 0.2) is 60.9 Å². The number of allylic oxidation sites excluding steroid dienone is 1. The third kappa shape index (κ3) is 5.85. The van der Waals surface area contributed by atoms with Crippen LogP contribution in [0.3, 0.4) is 0 Å². The van der Waals surface area contributed by atoms with E-state index in [9.17, 15) is 4.79 Å². The number of aryl methyl sites for hydroxylation is 1. The highest BCUT2D eigenvalue weighted by Crippen LogP contribution is 2.26. The predicted octanol–water partition coefficient (Wildman–Crippen LogP) is 5.68. The SMILES string of the molecule is CCn1cc(C(=O)/C=C/c2ccc(OC)c(COc3ccc(C(C)(C)C)cc3)c2)cn1. The van der Waals surface area contributed by atoms with Gasteiger partial charge in [0.25, 0.3) is 0 Å². The van der Waals surface area contributed by atoms with Crippen LogP contribution in [0, 0.1) is 0 Å². The first-order valence-electron chi connectivity index (χ1n) is 10.5. The summed E-state index contributed by atoms with van der Waals surface area (Å²) < 4.78 is 13.2. The van der Waals surface area contributed by atoms with Gasteiger partial charge < -0.3 is 9.47 Å². The summed E-state index contributed by atoms with van der Waals surface area (Å²) in [6.45, 7) is 9.65. The molecule has 0 aliphatic rings. The molecule has 0 saturated heterocycles. The number of rotatable bonds is 8. The van der Waals surface area contributed by atoms with Crippen molar-refractivity contribution in [2.75, 3.05) is 7.11 Å². The van der Waals surface area contributed by atoms with Crippen LogP contribution in [-0.2, 0) is 18.6 Å². The number of ether oxygens (including phenoxy) is 2. The molecule has 0 saturated carbocycles. The minimum atomic E-state index is -0.0766. The van der Waals surface area contributed by atoms with Crippen LogP contribution in [-0.4, -0.2) is 22.7 Å². The maximum absolute atomic E-state index is 12.4. The molecule has 3 rings (SSSR count). The zero-order chi connectivity index (χ0) is 22.4. The van der Waals surface area contributed by atoms with Crippen molar-refractivity contribution in [3.8, 4) is 11.5 Å². The second kappa shape index (κ2) is 9.65. The van der Waals surface area contributed by atoms with E-state index in [1.165, 1.54) is 5.56 Å². The maximum atomic E-state index is 12.4. The van der Waals surface area contributed by atoms with E-state index in [0.29, 0.717) is 12.2 Å². The molecule has 31 heavy (non-hydrogen) atoms. The van der Waals surface area contributed by atoms with Gasteiger partial charge in [-0.2, -0.15) is 5.10 Å². The second-order valence-corrected chi connectivity index (χ2v) is 8.42. The average Bonchev–Trinajstić information content (AvgIpc) is 3.25. The summed E-state index contributed by atoms with van der Waals surface area (Å²) in [7, 11) is 1.64. The maximum Gasteiger partial charge on any atom is 0.189 e. The zero-order valence-corrected chi connectivity index (χ0v) is 18.9. The first-order valence-corrected chi connectivity index (χ1v) is 10.5. The van der Waals surface area contributed by atoms with Crippen molar-refractivity contribution in [2.45, 2.75) is 46.3 Å². The topological polar surface area (TPSA) is 53.4 Å². The Balaban J connectivity index is 1.70. The van der Waals surface area contributed by atoms with Crippen LogP contribution in [0.4, 0.5) is 0 Å². The molecule has 1 aromatic heterocycles. The van der Waals surface area contributed by atoms with Gasteiger partial charge in [-0.25, -0.2) is 0 Å². The quantitative estimate of drug-likeness (QED) is 0.349. The van der Waals surface area contributed by atoms with Gasteiger partial charge in [-0.3, -0.25) is 9.48 Å². The first-order chi connectivity index (χ1) is 14.8. The monoisotopic (exact) mass is 418 g/mol. The van der Waals surface area contributed by atoms with Crippen molar-refractivity contribution in [1.82, 2.24) is 9.78 Å². The summed E-state index contributed by atoms with van der Waals surface area (Å²) in [5.41, 5.74) is 3.76. The molecule has 3 aromatic rings. The van der Waals surface area contributed by atoms with Crippen LogP contribution >= 0.6 is 0 Å². The van der Waals surface area contributed by atoms with Gasteiger partial charge in [0.05, 0.1) is 18.9 Å². The van der Waals surface area contributed by atoms with E-state index < -0.39 is 0 Å². The van der Waals surface area contributed by atoms with Gasteiger partial charge in [-0.1, -0.05) is 45.0 Å². The van der Waals surface area contributed by atoms with Gasteiger partial charge in [-0.05, 0) is 53.8 Å². The molecule has 0 unspecified atom stereocenters. The van der Waals surface area contributed by atoms with E-state index in [1.54, 1.807) is 36.3 Å². The molecule has 0 bridgehead atoms. The molecule has 5 heteroatoms. The molecular weight excluding hydrogens is 388 g/mol. The Morgan fingerprint density at radius 1 is 1.13 bits per heavy atom. The molecule has 0 aliphatic carbocycles. The Morgan fingerprint density at radius 3 is 2.48 bits per heavy atom. The van der Waals surface area contributed by atoms with Crippen molar-refractivity contribution in [2.24, 2.45) is 0 Å². The Morgan fingerprint density at radius 2 is 1.87 bits per heavy atom. The average molecular weight is 419 g/mol. The third-order valence-corrected chi connectivity index (χ3v) is 5.09. The smallest absolute Gasteiger partial charge is 0.189 e. The Labute approximate surface area is 184 Å². The van der Waals surface area contributed by atoms with Gasteiger partial charge in [0, 0.05) is 18.3 Å². The number of nitrogens with zero attached hydrogens (tertiary/aromatic N) is 2. The third-order valence-electron chi connectivity index (χ3n) is 5.09. The summed E-state index contributed by atoms with van der Waals surface area (Å²) in [4.78, 5) is 12.4. The fraction of sp³-hybridized carbons (Fsp3) is 0.308. The highest BCUT2D eigenvalue weighted by atomic mass is 16.5. The lowest BCUT2D eigenvalue weighted by molar-refractivity contribution is 0.104. The highest BCUT2D eigenvalue weighted by Gasteiger charge is 2.13. The molecule has 1 heterocycles. The van der Waals surface area contributed by atoms with Crippen LogP contribution in [0.2, 0.25) is 0 Å². The minimum Gasteiger partial charge on any atom is -0.496 e. The zero-order valence-electron chi connectivity index (χ0n) is 18.9. The molecule has 0 N–H and O–H groups in total. The number of hydrogen-bond acceptors (Lipinski definition) is 4. The lowest BCUT2D eigenvalue weighted by Crippen LogP contribution is -2.10. The number of carbonyl (C=O) groups is 1. The van der Waals surface area contributed by atoms with E-state index in [4.69, 9.17) is 9.47 Å². The van der Waals surface area contributed by atoms with Gasteiger partial charge >= 0.3 is 0 Å². The summed E-state index contributed by atoms with van der Waals surface area (Å²) in [5.74, 6) is 1.48. The van der Waals surface area contributed by atoms with Crippen LogP contribution in [0.25, 0.3) is 6.08 Å². The number of benzene rings is 2. The lowest BCUT2D eigenvalue weighted by atomic mass is 9.87.